The normalized spacial score (nSPS) is 10.7. The van der Waals surface area contributed by atoms with Crippen molar-refractivity contribution in [3.05, 3.63) is 64.7 Å². The molecule has 0 amide bonds. The highest BCUT2D eigenvalue weighted by molar-refractivity contribution is 5.32. The van der Waals surface area contributed by atoms with Gasteiger partial charge in [0.25, 0.3) is 0 Å². The number of benzene rings is 2. The van der Waals surface area contributed by atoms with Crippen LogP contribution in [0.15, 0.2) is 30.3 Å². The Bertz CT molecular complexity index is 623. The zero-order valence-electron chi connectivity index (χ0n) is 11.0. The summed E-state index contributed by atoms with van der Waals surface area (Å²) in [6.45, 7) is -0.221. The van der Waals surface area contributed by atoms with Crippen molar-refractivity contribution in [1.82, 2.24) is 0 Å². The van der Waals surface area contributed by atoms with Crippen LogP contribution < -0.4 is 10.5 Å². The monoisotopic (exact) mass is 299 g/mol. The van der Waals surface area contributed by atoms with Gasteiger partial charge < -0.3 is 10.5 Å². The Labute approximate surface area is 119 Å². The van der Waals surface area contributed by atoms with E-state index in [1.165, 1.54) is 0 Å². The lowest BCUT2D eigenvalue weighted by molar-refractivity contribution is 0.268. The Morgan fingerprint density at radius 1 is 0.905 bits per heavy atom. The summed E-state index contributed by atoms with van der Waals surface area (Å²) in [4.78, 5) is 0. The quantitative estimate of drug-likeness (QED) is 0.860. The van der Waals surface area contributed by atoms with Crippen LogP contribution in [0.4, 0.5) is 17.6 Å². The van der Waals surface area contributed by atoms with Crippen molar-refractivity contribution in [3.63, 3.8) is 0 Å². The summed E-state index contributed by atoms with van der Waals surface area (Å²) in [5.74, 6) is -3.81. The molecule has 0 spiro atoms. The Morgan fingerprint density at radius 3 is 2.19 bits per heavy atom. The molecule has 0 radical (unpaired) electrons. The van der Waals surface area contributed by atoms with E-state index in [0.717, 1.165) is 30.3 Å². The molecule has 112 valence electrons. The number of halogens is 4. The average Bonchev–Trinajstić information content (AvgIpc) is 2.42. The second-order valence-corrected chi connectivity index (χ2v) is 4.45. The van der Waals surface area contributed by atoms with E-state index >= 15 is 0 Å². The van der Waals surface area contributed by atoms with Gasteiger partial charge in [-0.05, 0) is 48.9 Å². The molecule has 0 fully saturated rings. The van der Waals surface area contributed by atoms with Gasteiger partial charge in [0.2, 0.25) is 0 Å². The molecule has 21 heavy (non-hydrogen) atoms. The van der Waals surface area contributed by atoms with Crippen molar-refractivity contribution < 1.29 is 22.3 Å². The highest BCUT2D eigenvalue weighted by atomic mass is 19.1. The van der Waals surface area contributed by atoms with E-state index in [-0.39, 0.29) is 12.1 Å². The van der Waals surface area contributed by atoms with Crippen LogP contribution in [0.1, 0.15) is 11.1 Å². The van der Waals surface area contributed by atoms with Gasteiger partial charge in [0.05, 0.1) is 0 Å². The smallest absolute Gasteiger partial charge is 0.191 e. The first-order valence-electron chi connectivity index (χ1n) is 6.26. The van der Waals surface area contributed by atoms with Gasteiger partial charge >= 0.3 is 0 Å². The van der Waals surface area contributed by atoms with Gasteiger partial charge in [0.15, 0.2) is 17.4 Å². The van der Waals surface area contributed by atoms with Crippen molar-refractivity contribution in [2.45, 2.75) is 13.0 Å². The number of nitrogens with two attached hydrogens (primary N) is 1. The summed E-state index contributed by atoms with van der Waals surface area (Å²) < 4.78 is 58.8. The van der Waals surface area contributed by atoms with Crippen molar-refractivity contribution >= 4 is 0 Å². The van der Waals surface area contributed by atoms with Crippen LogP contribution in [0.5, 0.6) is 5.75 Å². The lowest BCUT2D eigenvalue weighted by Crippen LogP contribution is -2.06. The molecule has 2 N–H and O–H groups in total. The van der Waals surface area contributed by atoms with E-state index in [1.54, 1.807) is 0 Å². The van der Waals surface area contributed by atoms with Gasteiger partial charge in [-0.1, -0.05) is 0 Å². The topological polar surface area (TPSA) is 35.2 Å². The molecular formula is C15H13F4NO. The zero-order chi connectivity index (χ0) is 15.4. The minimum Gasteiger partial charge on any atom is -0.483 e. The number of rotatable bonds is 5. The van der Waals surface area contributed by atoms with Gasteiger partial charge in [-0.25, -0.2) is 17.6 Å². The molecule has 2 nitrogen and oxygen atoms in total. The first-order valence-corrected chi connectivity index (χ1v) is 6.26. The van der Waals surface area contributed by atoms with E-state index < -0.39 is 35.6 Å². The van der Waals surface area contributed by atoms with Crippen LogP contribution in [0.25, 0.3) is 0 Å². The van der Waals surface area contributed by atoms with Crippen LogP contribution >= 0.6 is 0 Å². The van der Waals surface area contributed by atoms with Gasteiger partial charge in [0.1, 0.15) is 18.2 Å². The highest BCUT2D eigenvalue weighted by Gasteiger charge is 2.14. The Morgan fingerprint density at radius 2 is 1.57 bits per heavy atom. The maximum Gasteiger partial charge on any atom is 0.191 e. The third-order valence-electron chi connectivity index (χ3n) is 2.87. The molecule has 0 aliphatic carbocycles. The molecule has 2 rings (SSSR count). The van der Waals surface area contributed by atoms with Crippen LogP contribution in [-0.2, 0) is 13.0 Å². The molecule has 0 saturated heterocycles. The minimum atomic E-state index is -0.907. The van der Waals surface area contributed by atoms with Crippen molar-refractivity contribution in [3.8, 4) is 5.75 Å². The largest absolute Gasteiger partial charge is 0.483 e. The van der Waals surface area contributed by atoms with Crippen LogP contribution in [0.3, 0.4) is 0 Å². The maximum absolute atomic E-state index is 13.7. The summed E-state index contributed by atoms with van der Waals surface area (Å²) >= 11 is 0. The van der Waals surface area contributed by atoms with Crippen LogP contribution in [-0.4, -0.2) is 6.54 Å². The fourth-order valence-electron chi connectivity index (χ4n) is 1.87. The SMILES string of the molecule is NCCc1cc(F)c(OCc2cc(F)ccc2F)c(F)c1. The average molecular weight is 299 g/mol. The molecule has 0 saturated carbocycles. The molecule has 0 unspecified atom stereocenters. The van der Waals surface area contributed by atoms with Gasteiger partial charge in [-0.2, -0.15) is 0 Å². The van der Waals surface area contributed by atoms with E-state index in [4.69, 9.17) is 10.5 Å². The molecule has 0 aliphatic heterocycles. The third-order valence-corrected chi connectivity index (χ3v) is 2.87. The van der Waals surface area contributed by atoms with E-state index in [0.29, 0.717) is 12.0 Å². The molecular weight excluding hydrogens is 286 g/mol. The lowest BCUT2D eigenvalue weighted by atomic mass is 10.1. The zero-order valence-corrected chi connectivity index (χ0v) is 11.0. The fraction of sp³-hybridized carbons (Fsp3) is 0.200. The maximum atomic E-state index is 13.7. The van der Waals surface area contributed by atoms with E-state index in [9.17, 15) is 17.6 Å². The molecule has 6 heteroatoms. The number of ether oxygens (including phenoxy) is 1. The van der Waals surface area contributed by atoms with Gasteiger partial charge in [-0.3, -0.25) is 0 Å². The number of hydrogen-bond donors (Lipinski definition) is 1. The highest BCUT2D eigenvalue weighted by Crippen LogP contribution is 2.25. The van der Waals surface area contributed by atoms with Gasteiger partial charge in [0, 0.05) is 5.56 Å². The van der Waals surface area contributed by atoms with Crippen molar-refractivity contribution in [2.75, 3.05) is 6.54 Å². The van der Waals surface area contributed by atoms with Crippen molar-refractivity contribution in [1.29, 1.82) is 0 Å². The fourth-order valence-corrected chi connectivity index (χ4v) is 1.87. The molecule has 0 bridgehead atoms. The van der Waals surface area contributed by atoms with Crippen LogP contribution in [0, 0.1) is 23.3 Å². The molecule has 0 heterocycles. The lowest BCUT2D eigenvalue weighted by Gasteiger charge is -2.10. The molecule has 0 aromatic heterocycles. The first kappa shape index (κ1) is 15.3. The second-order valence-electron chi connectivity index (χ2n) is 4.45. The minimum absolute atomic E-state index is 0.125. The summed E-state index contributed by atoms with van der Waals surface area (Å²) in [6, 6.07) is 4.99. The van der Waals surface area contributed by atoms with Crippen molar-refractivity contribution in [2.24, 2.45) is 5.73 Å². The predicted molar refractivity (Wildman–Crippen MR) is 69.8 cm³/mol. The summed E-state index contributed by atoms with van der Waals surface area (Å²) in [6.07, 6.45) is 0.326. The van der Waals surface area contributed by atoms with Gasteiger partial charge in [-0.15, -0.1) is 0 Å². The number of hydrogen-bond acceptors (Lipinski definition) is 2. The molecule has 2 aromatic carbocycles. The first-order chi connectivity index (χ1) is 10.0. The third kappa shape index (κ3) is 3.72. The Kier molecular flexibility index (Phi) is 4.80. The summed E-state index contributed by atoms with van der Waals surface area (Å²) in [5.41, 5.74) is 5.59. The second kappa shape index (κ2) is 6.58. The summed E-state index contributed by atoms with van der Waals surface area (Å²) in [5, 5.41) is 0. The summed E-state index contributed by atoms with van der Waals surface area (Å²) in [7, 11) is 0. The Balaban J connectivity index is 2.18. The Hall–Kier alpha value is -2.08. The molecule has 0 aliphatic rings. The van der Waals surface area contributed by atoms with Crippen LogP contribution in [0.2, 0.25) is 0 Å². The van der Waals surface area contributed by atoms with E-state index in [1.807, 2.05) is 0 Å². The molecule has 2 aromatic rings. The molecule has 0 atom stereocenters. The standard InChI is InChI=1S/C15H13F4NO/c16-11-1-2-12(17)10(7-11)8-21-15-13(18)5-9(3-4-20)6-14(15)19/h1-2,5-7H,3-4,8,20H2. The van der Waals surface area contributed by atoms with E-state index in [2.05, 4.69) is 0 Å². The predicted octanol–water partition coefficient (Wildman–Crippen LogP) is 3.32.